The number of benzene rings is 2. The van der Waals surface area contributed by atoms with E-state index < -0.39 is 6.61 Å². The van der Waals surface area contributed by atoms with Crippen molar-refractivity contribution in [2.45, 2.75) is 6.61 Å². The van der Waals surface area contributed by atoms with Crippen molar-refractivity contribution in [3.63, 3.8) is 0 Å². The Labute approximate surface area is 129 Å². The van der Waals surface area contributed by atoms with E-state index in [9.17, 15) is 13.6 Å². The SMILES string of the molecule is O=C(/C=C/c1ccccc1Br)c1ccc(OC(F)F)cc1. The fourth-order valence-electron chi connectivity index (χ4n) is 1.67. The summed E-state index contributed by atoms with van der Waals surface area (Å²) in [6.07, 6.45) is 3.12. The molecule has 0 N–H and O–H groups in total. The van der Waals surface area contributed by atoms with Gasteiger partial charge in [0.2, 0.25) is 0 Å². The van der Waals surface area contributed by atoms with Gasteiger partial charge in [0.25, 0.3) is 0 Å². The third-order valence-corrected chi connectivity index (χ3v) is 3.41. The number of alkyl halides is 2. The number of carbonyl (C=O) groups excluding carboxylic acids is 1. The summed E-state index contributed by atoms with van der Waals surface area (Å²) in [4.78, 5) is 12.0. The van der Waals surface area contributed by atoms with Crippen LogP contribution in [0.4, 0.5) is 8.78 Å². The molecular weight excluding hydrogens is 342 g/mol. The van der Waals surface area contributed by atoms with Crippen LogP contribution in [0.3, 0.4) is 0 Å². The second-order valence-corrected chi connectivity index (χ2v) is 4.98. The number of rotatable bonds is 5. The average molecular weight is 353 g/mol. The van der Waals surface area contributed by atoms with Crippen molar-refractivity contribution in [1.82, 2.24) is 0 Å². The number of carbonyl (C=O) groups is 1. The summed E-state index contributed by atoms with van der Waals surface area (Å²) in [5.41, 5.74) is 1.28. The first kappa shape index (κ1) is 15.4. The third kappa shape index (κ3) is 4.49. The van der Waals surface area contributed by atoms with Gasteiger partial charge in [-0.05, 0) is 48.0 Å². The van der Waals surface area contributed by atoms with Crippen molar-refractivity contribution in [1.29, 1.82) is 0 Å². The minimum atomic E-state index is -2.87. The second kappa shape index (κ2) is 7.13. The van der Waals surface area contributed by atoms with Gasteiger partial charge >= 0.3 is 6.61 Å². The van der Waals surface area contributed by atoms with Gasteiger partial charge in [0.15, 0.2) is 5.78 Å². The minimum absolute atomic E-state index is 0.0244. The summed E-state index contributed by atoms with van der Waals surface area (Å²) >= 11 is 3.38. The molecule has 0 radical (unpaired) electrons. The minimum Gasteiger partial charge on any atom is -0.435 e. The van der Waals surface area contributed by atoms with Gasteiger partial charge in [0.05, 0.1) is 0 Å². The Morgan fingerprint density at radius 1 is 1.10 bits per heavy atom. The number of ether oxygens (including phenoxy) is 1. The lowest BCUT2D eigenvalue weighted by molar-refractivity contribution is -0.0498. The normalized spacial score (nSPS) is 11.0. The van der Waals surface area contributed by atoms with Crippen LogP contribution >= 0.6 is 15.9 Å². The highest BCUT2D eigenvalue weighted by Gasteiger charge is 2.06. The van der Waals surface area contributed by atoms with Crippen molar-refractivity contribution >= 4 is 27.8 Å². The second-order valence-electron chi connectivity index (χ2n) is 4.12. The quantitative estimate of drug-likeness (QED) is 0.562. The summed E-state index contributed by atoms with van der Waals surface area (Å²) in [7, 11) is 0. The lowest BCUT2D eigenvalue weighted by atomic mass is 10.1. The van der Waals surface area contributed by atoms with Crippen LogP contribution in [0.5, 0.6) is 5.75 Å². The summed E-state index contributed by atoms with van der Waals surface area (Å²) in [5.74, 6) is -0.189. The highest BCUT2D eigenvalue weighted by atomic mass is 79.9. The van der Waals surface area contributed by atoms with Gasteiger partial charge < -0.3 is 4.74 Å². The van der Waals surface area contributed by atoms with Crippen molar-refractivity contribution < 1.29 is 18.3 Å². The van der Waals surface area contributed by atoms with Crippen LogP contribution in [0.15, 0.2) is 59.1 Å². The Morgan fingerprint density at radius 3 is 2.38 bits per heavy atom. The predicted octanol–water partition coefficient (Wildman–Crippen LogP) is 4.95. The first-order valence-electron chi connectivity index (χ1n) is 6.08. The van der Waals surface area contributed by atoms with Crippen LogP contribution in [0, 0.1) is 0 Å². The van der Waals surface area contributed by atoms with Crippen LogP contribution in [0.25, 0.3) is 6.08 Å². The average Bonchev–Trinajstić information content (AvgIpc) is 2.46. The molecule has 0 aliphatic rings. The maximum absolute atomic E-state index is 12.0. The molecule has 2 aromatic carbocycles. The molecule has 0 atom stereocenters. The Morgan fingerprint density at radius 2 is 1.76 bits per heavy atom. The fourth-order valence-corrected chi connectivity index (χ4v) is 2.09. The molecule has 0 saturated carbocycles. The maximum atomic E-state index is 12.0. The van der Waals surface area contributed by atoms with E-state index in [0.29, 0.717) is 5.56 Å². The van der Waals surface area contributed by atoms with E-state index in [1.54, 1.807) is 6.08 Å². The van der Waals surface area contributed by atoms with Gasteiger partial charge in [-0.1, -0.05) is 34.1 Å². The summed E-state index contributed by atoms with van der Waals surface area (Å²) in [6, 6.07) is 13.1. The first-order chi connectivity index (χ1) is 10.1. The molecule has 0 fully saturated rings. The molecule has 0 saturated heterocycles. The lowest BCUT2D eigenvalue weighted by Gasteiger charge is -2.04. The molecule has 0 aliphatic heterocycles. The number of hydrogen-bond donors (Lipinski definition) is 0. The molecule has 108 valence electrons. The van der Waals surface area contributed by atoms with Gasteiger partial charge in [-0.2, -0.15) is 8.78 Å². The molecule has 0 bridgehead atoms. The maximum Gasteiger partial charge on any atom is 0.387 e. The van der Waals surface area contributed by atoms with E-state index >= 15 is 0 Å². The van der Waals surface area contributed by atoms with Gasteiger partial charge in [-0.15, -0.1) is 0 Å². The van der Waals surface area contributed by atoms with E-state index in [4.69, 9.17) is 0 Å². The Balaban J connectivity index is 2.08. The van der Waals surface area contributed by atoms with Crippen LogP contribution in [-0.4, -0.2) is 12.4 Å². The number of halogens is 3. The van der Waals surface area contributed by atoms with Crippen molar-refractivity contribution in [2.75, 3.05) is 0 Å². The molecule has 0 heterocycles. The molecule has 0 unspecified atom stereocenters. The molecule has 2 nitrogen and oxygen atoms in total. The van der Waals surface area contributed by atoms with Crippen LogP contribution in [0.2, 0.25) is 0 Å². The van der Waals surface area contributed by atoms with Gasteiger partial charge in [-0.25, -0.2) is 0 Å². The van der Waals surface area contributed by atoms with Crippen molar-refractivity contribution in [3.05, 3.63) is 70.2 Å². The number of hydrogen-bond acceptors (Lipinski definition) is 2. The van der Waals surface area contributed by atoms with E-state index in [1.807, 2.05) is 24.3 Å². The van der Waals surface area contributed by atoms with E-state index in [1.165, 1.54) is 30.3 Å². The zero-order valence-corrected chi connectivity index (χ0v) is 12.4. The monoisotopic (exact) mass is 352 g/mol. The molecule has 0 aliphatic carbocycles. The van der Waals surface area contributed by atoms with E-state index in [0.717, 1.165) is 10.0 Å². The molecular formula is C16H11BrF2O2. The zero-order valence-electron chi connectivity index (χ0n) is 10.8. The van der Waals surface area contributed by atoms with Crippen molar-refractivity contribution in [2.24, 2.45) is 0 Å². The number of allylic oxidation sites excluding steroid dienone is 1. The summed E-state index contributed by atoms with van der Waals surface area (Å²) < 4.78 is 29.2. The van der Waals surface area contributed by atoms with Gasteiger partial charge in [-0.3, -0.25) is 4.79 Å². The fraction of sp³-hybridized carbons (Fsp3) is 0.0625. The number of ketones is 1. The third-order valence-electron chi connectivity index (χ3n) is 2.68. The first-order valence-corrected chi connectivity index (χ1v) is 6.87. The predicted molar refractivity (Wildman–Crippen MR) is 80.6 cm³/mol. The summed E-state index contributed by atoms with van der Waals surface area (Å²) in [6.45, 7) is -2.87. The molecule has 0 amide bonds. The van der Waals surface area contributed by atoms with Gasteiger partial charge in [0, 0.05) is 10.0 Å². The molecule has 2 rings (SSSR count). The zero-order chi connectivity index (χ0) is 15.2. The van der Waals surface area contributed by atoms with Gasteiger partial charge in [0.1, 0.15) is 5.75 Å². The summed E-state index contributed by atoms with van der Waals surface area (Å²) in [5, 5.41) is 0. The van der Waals surface area contributed by atoms with Crippen LogP contribution in [0.1, 0.15) is 15.9 Å². The molecule has 0 aromatic heterocycles. The molecule has 5 heteroatoms. The van der Waals surface area contributed by atoms with Crippen LogP contribution < -0.4 is 4.74 Å². The smallest absolute Gasteiger partial charge is 0.387 e. The molecule has 2 aromatic rings. The Kier molecular flexibility index (Phi) is 5.22. The lowest BCUT2D eigenvalue weighted by Crippen LogP contribution is -2.02. The highest BCUT2D eigenvalue weighted by molar-refractivity contribution is 9.10. The molecule has 21 heavy (non-hydrogen) atoms. The molecule has 0 spiro atoms. The van der Waals surface area contributed by atoms with E-state index in [2.05, 4.69) is 20.7 Å². The Bertz CT molecular complexity index is 652. The largest absolute Gasteiger partial charge is 0.435 e. The van der Waals surface area contributed by atoms with E-state index in [-0.39, 0.29) is 11.5 Å². The van der Waals surface area contributed by atoms with Crippen molar-refractivity contribution in [3.8, 4) is 5.75 Å². The topological polar surface area (TPSA) is 26.3 Å². The van der Waals surface area contributed by atoms with Crippen LogP contribution in [-0.2, 0) is 0 Å². The Hall–Kier alpha value is -2.01. The standard InChI is InChI=1S/C16H11BrF2O2/c17-14-4-2-1-3-11(14)7-10-15(20)12-5-8-13(9-6-12)21-16(18)19/h1-10,16H/b10-7+. The highest BCUT2D eigenvalue weighted by Crippen LogP contribution is 2.18.